The molecule has 0 spiro atoms. The Balaban J connectivity index is 2.57. The molecule has 0 bridgehead atoms. The lowest BCUT2D eigenvalue weighted by Gasteiger charge is -2.16. The van der Waals surface area contributed by atoms with Crippen LogP contribution >= 0.6 is 31.9 Å². The van der Waals surface area contributed by atoms with Crippen molar-refractivity contribution in [1.82, 2.24) is 9.97 Å². The lowest BCUT2D eigenvalue weighted by molar-refractivity contribution is 0.831. The molecular formula is C16H19Br2N3. The van der Waals surface area contributed by atoms with E-state index in [0.29, 0.717) is 5.92 Å². The molecule has 0 saturated heterocycles. The van der Waals surface area contributed by atoms with E-state index in [2.05, 4.69) is 64.9 Å². The summed E-state index contributed by atoms with van der Waals surface area (Å²) in [5, 5.41) is 3.36. The minimum absolute atomic E-state index is 0.393. The Morgan fingerprint density at radius 1 is 1.14 bits per heavy atom. The predicted octanol–water partition coefficient (Wildman–Crippen LogP) is 5.53. The first-order valence-electron chi connectivity index (χ1n) is 7.01. The molecule has 112 valence electrons. The van der Waals surface area contributed by atoms with Crippen LogP contribution in [0.25, 0.3) is 11.4 Å². The summed E-state index contributed by atoms with van der Waals surface area (Å²) < 4.78 is 2.02. The number of rotatable bonds is 4. The second kappa shape index (κ2) is 6.88. The highest BCUT2D eigenvalue weighted by molar-refractivity contribution is 9.13. The third-order valence-corrected chi connectivity index (χ3v) is 5.12. The van der Waals surface area contributed by atoms with Crippen molar-refractivity contribution in [2.45, 2.75) is 33.6 Å². The molecule has 0 radical (unpaired) electrons. The average molecular weight is 413 g/mol. The van der Waals surface area contributed by atoms with Crippen LogP contribution in [0.5, 0.6) is 0 Å². The maximum absolute atomic E-state index is 4.73. The molecule has 2 aromatic rings. The van der Waals surface area contributed by atoms with Crippen LogP contribution in [-0.2, 0) is 0 Å². The van der Waals surface area contributed by atoms with Gasteiger partial charge < -0.3 is 5.32 Å². The van der Waals surface area contributed by atoms with Gasteiger partial charge in [-0.15, -0.1) is 0 Å². The summed E-state index contributed by atoms with van der Waals surface area (Å²) in [6, 6.07) is 6.05. The van der Waals surface area contributed by atoms with Crippen molar-refractivity contribution in [1.29, 1.82) is 0 Å². The summed E-state index contributed by atoms with van der Waals surface area (Å²) in [6.07, 6.45) is 0. The molecule has 0 unspecified atom stereocenters. The smallest absolute Gasteiger partial charge is 0.161 e. The van der Waals surface area contributed by atoms with Crippen LogP contribution in [0.15, 0.2) is 27.1 Å². The minimum atomic E-state index is 0.393. The Morgan fingerprint density at radius 3 is 2.43 bits per heavy atom. The zero-order valence-electron chi connectivity index (χ0n) is 12.7. The molecule has 1 heterocycles. The van der Waals surface area contributed by atoms with E-state index in [1.807, 2.05) is 18.2 Å². The Morgan fingerprint density at radius 2 is 1.86 bits per heavy atom. The van der Waals surface area contributed by atoms with Crippen molar-refractivity contribution in [3.63, 3.8) is 0 Å². The van der Waals surface area contributed by atoms with Crippen molar-refractivity contribution in [2.75, 3.05) is 11.9 Å². The topological polar surface area (TPSA) is 37.8 Å². The molecule has 2 rings (SSSR count). The highest BCUT2D eigenvalue weighted by Crippen LogP contribution is 2.31. The van der Waals surface area contributed by atoms with Gasteiger partial charge in [-0.25, -0.2) is 9.97 Å². The largest absolute Gasteiger partial charge is 0.370 e. The fourth-order valence-corrected chi connectivity index (χ4v) is 2.96. The molecule has 0 atom stereocenters. The van der Waals surface area contributed by atoms with Crippen LogP contribution in [0.3, 0.4) is 0 Å². The summed E-state index contributed by atoms with van der Waals surface area (Å²) >= 11 is 7.02. The highest BCUT2D eigenvalue weighted by atomic mass is 79.9. The quantitative estimate of drug-likeness (QED) is 0.716. The van der Waals surface area contributed by atoms with E-state index in [4.69, 9.17) is 9.97 Å². The van der Waals surface area contributed by atoms with Gasteiger partial charge in [0.25, 0.3) is 0 Å². The van der Waals surface area contributed by atoms with Gasteiger partial charge in [0.1, 0.15) is 5.82 Å². The van der Waals surface area contributed by atoms with Gasteiger partial charge in [-0.05, 0) is 69.8 Å². The number of anilines is 1. The van der Waals surface area contributed by atoms with Gasteiger partial charge in [-0.1, -0.05) is 13.8 Å². The Hall–Kier alpha value is -0.940. The summed E-state index contributed by atoms with van der Waals surface area (Å²) in [5.41, 5.74) is 3.23. The number of hydrogen-bond donors (Lipinski definition) is 1. The molecule has 1 aromatic heterocycles. The maximum Gasteiger partial charge on any atom is 0.161 e. The third kappa shape index (κ3) is 3.64. The normalized spacial score (nSPS) is 11.0. The standard InChI is InChI=1S/C16H19Br2N3/c1-5-19-16-14(9(2)3)10(4)20-15(21-16)11-6-7-12(17)13(18)8-11/h6-9H,5H2,1-4H3,(H,19,20,21). The average Bonchev–Trinajstić information content (AvgIpc) is 2.41. The summed E-state index contributed by atoms with van der Waals surface area (Å²) in [4.78, 5) is 9.42. The number of nitrogens with zero attached hydrogens (tertiary/aromatic N) is 2. The van der Waals surface area contributed by atoms with E-state index in [1.165, 1.54) is 5.56 Å². The Kier molecular flexibility index (Phi) is 5.38. The van der Waals surface area contributed by atoms with Gasteiger partial charge in [-0.2, -0.15) is 0 Å². The van der Waals surface area contributed by atoms with Gasteiger partial charge in [-0.3, -0.25) is 0 Å². The van der Waals surface area contributed by atoms with Gasteiger partial charge in [0, 0.05) is 32.3 Å². The first kappa shape index (κ1) is 16.4. The van der Waals surface area contributed by atoms with Crippen molar-refractivity contribution in [2.24, 2.45) is 0 Å². The third-order valence-electron chi connectivity index (χ3n) is 3.24. The van der Waals surface area contributed by atoms with Crippen LogP contribution in [-0.4, -0.2) is 16.5 Å². The van der Waals surface area contributed by atoms with Gasteiger partial charge in [0.15, 0.2) is 5.82 Å². The van der Waals surface area contributed by atoms with Crippen LogP contribution < -0.4 is 5.32 Å². The molecule has 0 fully saturated rings. The number of halogens is 2. The minimum Gasteiger partial charge on any atom is -0.370 e. The molecule has 1 aromatic carbocycles. The number of aryl methyl sites for hydroxylation is 1. The second-order valence-corrected chi connectivity index (χ2v) is 6.92. The van der Waals surface area contributed by atoms with Crippen LogP contribution in [0.4, 0.5) is 5.82 Å². The maximum atomic E-state index is 4.73. The monoisotopic (exact) mass is 411 g/mol. The van der Waals surface area contributed by atoms with E-state index in [-0.39, 0.29) is 0 Å². The number of nitrogens with one attached hydrogen (secondary N) is 1. The first-order valence-corrected chi connectivity index (χ1v) is 8.60. The van der Waals surface area contributed by atoms with E-state index in [1.54, 1.807) is 0 Å². The van der Waals surface area contributed by atoms with E-state index in [0.717, 1.165) is 38.4 Å². The second-order valence-electron chi connectivity index (χ2n) is 5.21. The molecule has 1 N–H and O–H groups in total. The van der Waals surface area contributed by atoms with Crippen molar-refractivity contribution in [3.05, 3.63) is 38.4 Å². The summed E-state index contributed by atoms with van der Waals surface area (Å²) in [7, 11) is 0. The first-order chi connectivity index (χ1) is 9.93. The summed E-state index contributed by atoms with van der Waals surface area (Å²) in [6.45, 7) is 9.32. The number of aromatic nitrogens is 2. The SMILES string of the molecule is CCNc1nc(-c2ccc(Br)c(Br)c2)nc(C)c1C(C)C. The van der Waals surface area contributed by atoms with Gasteiger partial charge >= 0.3 is 0 Å². The number of hydrogen-bond acceptors (Lipinski definition) is 3. The van der Waals surface area contributed by atoms with Crippen LogP contribution in [0, 0.1) is 6.92 Å². The van der Waals surface area contributed by atoms with Crippen molar-refractivity contribution >= 4 is 37.7 Å². The molecule has 0 aliphatic heterocycles. The van der Waals surface area contributed by atoms with E-state index in [9.17, 15) is 0 Å². The van der Waals surface area contributed by atoms with Gasteiger partial charge in [0.2, 0.25) is 0 Å². The molecule has 5 heteroatoms. The molecule has 0 aliphatic carbocycles. The fourth-order valence-electron chi connectivity index (χ4n) is 2.34. The number of benzene rings is 1. The lowest BCUT2D eigenvalue weighted by Crippen LogP contribution is -2.09. The van der Waals surface area contributed by atoms with Crippen LogP contribution in [0.2, 0.25) is 0 Å². The molecule has 3 nitrogen and oxygen atoms in total. The molecule has 0 saturated carbocycles. The molecule has 0 amide bonds. The Labute approximate surface area is 142 Å². The lowest BCUT2D eigenvalue weighted by atomic mass is 10.0. The van der Waals surface area contributed by atoms with E-state index >= 15 is 0 Å². The zero-order valence-corrected chi connectivity index (χ0v) is 15.8. The Bertz CT molecular complexity index is 654. The van der Waals surface area contributed by atoms with Gasteiger partial charge in [0.05, 0.1) is 0 Å². The zero-order chi connectivity index (χ0) is 15.6. The molecule has 21 heavy (non-hydrogen) atoms. The molecule has 0 aliphatic rings. The fraction of sp³-hybridized carbons (Fsp3) is 0.375. The molecular weight excluding hydrogens is 394 g/mol. The summed E-state index contributed by atoms with van der Waals surface area (Å²) in [5.74, 6) is 2.08. The van der Waals surface area contributed by atoms with Crippen LogP contribution in [0.1, 0.15) is 37.9 Å². The predicted molar refractivity (Wildman–Crippen MR) is 95.9 cm³/mol. The van der Waals surface area contributed by atoms with Crippen molar-refractivity contribution < 1.29 is 0 Å². The van der Waals surface area contributed by atoms with Crippen molar-refractivity contribution in [3.8, 4) is 11.4 Å². The highest BCUT2D eigenvalue weighted by Gasteiger charge is 2.15. The van der Waals surface area contributed by atoms with E-state index < -0.39 is 0 Å².